The largest absolute Gasteiger partial charge is 0.490 e. The molecule has 0 unspecified atom stereocenters. The monoisotopic (exact) mass is 659 g/mol. The number of fused-ring (bicyclic) bond motifs is 1. The highest BCUT2D eigenvalue weighted by Crippen LogP contribution is 2.39. The summed E-state index contributed by atoms with van der Waals surface area (Å²) in [5.74, 6) is -1.72. The van der Waals surface area contributed by atoms with Gasteiger partial charge in [-0.15, -0.1) is 0 Å². The van der Waals surface area contributed by atoms with Crippen LogP contribution >= 0.6 is 0 Å². The molecule has 1 N–H and O–H groups in total. The smallest absolute Gasteiger partial charge is 0.414 e. The van der Waals surface area contributed by atoms with Gasteiger partial charge in [-0.3, -0.25) is 9.69 Å². The number of nitrogens with zero attached hydrogens (tertiary/aromatic N) is 3. The summed E-state index contributed by atoms with van der Waals surface area (Å²) in [7, 11) is 0. The van der Waals surface area contributed by atoms with Crippen LogP contribution in [0, 0.1) is 17.6 Å². The number of carbonyl (C=O) groups is 2. The van der Waals surface area contributed by atoms with Gasteiger partial charge in [-0.1, -0.05) is 30.3 Å². The van der Waals surface area contributed by atoms with E-state index in [0.717, 1.165) is 18.4 Å². The maximum Gasteiger partial charge on any atom is 0.414 e. The second-order valence-electron chi connectivity index (χ2n) is 12.5. The molecule has 4 aromatic rings. The Kier molecular flexibility index (Phi) is 8.74. The Morgan fingerprint density at radius 2 is 1.73 bits per heavy atom. The van der Waals surface area contributed by atoms with Crippen LogP contribution in [0.5, 0.6) is 5.75 Å². The molecule has 1 saturated carbocycles. The number of aliphatic hydroxyl groups excluding tert-OH is 1. The molecule has 1 aliphatic carbocycles. The first-order valence-corrected chi connectivity index (χ1v) is 16.1. The van der Waals surface area contributed by atoms with Crippen molar-refractivity contribution in [2.45, 2.75) is 44.4 Å². The molecular weight excluding hydrogens is 624 g/mol. The van der Waals surface area contributed by atoms with Gasteiger partial charge < -0.3 is 28.8 Å². The van der Waals surface area contributed by atoms with Crippen LogP contribution in [0.3, 0.4) is 0 Å². The Hall–Kier alpha value is -4.97. The van der Waals surface area contributed by atoms with Crippen molar-refractivity contribution in [2.24, 2.45) is 5.92 Å². The number of anilines is 2. The van der Waals surface area contributed by atoms with E-state index >= 15 is 4.39 Å². The van der Waals surface area contributed by atoms with Crippen molar-refractivity contribution in [1.82, 2.24) is 4.57 Å². The second kappa shape index (κ2) is 13.3. The van der Waals surface area contributed by atoms with Crippen molar-refractivity contribution in [2.75, 3.05) is 42.6 Å². The van der Waals surface area contributed by atoms with E-state index in [-0.39, 0.29) is 55.0 Å². The molecule has 250 valence electrons. The lowest BCUT2D eigenvalue weighted by molar-refractivity contribution is 0.0470. The molecule has 2 saturated heterocycles. The molecule has 48 heavy (non-hydrogen) atoms. The molecule has 2 aliphatic heterocycles. The maximum absolute atomic E-state index is 15.6. The Bertz CT molecular complexity index is 1910. The minimum atomic E-state index is -0.739. The van der Waals surface area contributed by atoms with E-state index in [0.29, 0.717) is 42.8 Å². The molecule has 10 nitrogen and oxygen atoms in total. The summed E-state index contributed by atoms with van der Waals surface area (Å²) < 4.78 is 48.7. The van der Waals surface area contributed by atoms with Gasteiger partial charge in [-0.25, -0.2) is 18.4 Å². The zero-order valence-corrected chi connectivity index (χ0v) is 26.1. The molecule has 3 fully saturated rings. The van der Waals surface area contributed by atoms with Gasteiger partial charge in [-0.2, -0.15) is 0 Å². The molecule has 0 bridgehead atoms. The second-order valence-corrected chi connectivity index (χ2v) is 12.5. The molecule has 3 heterocycles. The van der Waals surface area contributed by atoms with Gasteiger partial charge in [0.25, 0.3) is 0 Å². The number of pyridine rings is 1. The number of benzene rings is 3. The summed E-state index contributed by atoms with van der Waals surface area (Å²) in [5, 5.41) is 9.39. The lowest BCUT2D eigenvalue weighted by atomic mass is 9.97. The van der Waals surface area contributed by atoms with Crippen molar-refractivity contribution in [3.63, 3.8) is 0 Å². The van der Waals surface area contributed by atoms with Crippen LogP contribution in [0.25, 0.3) is 10.9 Å². The number of carbonyl (C=O) groups excluding carboxylic acids is 2. The van der Waals surface area contributed by atoms with Crippen molar-refractivity contribution in [1.29, 1.82) is 0 Å². The zero-order valence-electron chi connectivity index (χ0n) is 26.1. The van der Waals surface area contributed by atoms with Gasteiger partial charge in [0.2, 0.25) is 5.43 Å². The van der Waals surface area contributed by atoms with Crippen LogP contribution in [0.1, 0.15) is 47.6 Å². The Balaban J connectivity index is 1.01. The number of hydrogen-bond acceptors (Lipinski definition) is 8. The van der Waals surface area contributed by atoms with Gasteiger partial charge in [0.1, 0.15) is 24.1 Å². The summed E-state index contributed by atoms with van der Waals surface area (Å²) in [6.07, 6.45) is 3.41. The summed E-state index contributed by atoms with van der Waals surface area (Å²) >= 11 is 0. The average Bonchev–Trinajstić information content (AvgIpc) is 3.88. The number of aliphatic hydroxyl groups is 1. The molecule has 1 amide bonds. The first-order chi connectivity index (χ1) is 23.3. The fourth-order valence-electron chi connectivity index (χ4n) is 6.35. The first kappa shape index (κ1) is 31.6. The third-order valence-electron chi connectivity index (χ3n) is 9.21. The minimum absolute atomic E-state index is 0.0271. The third kappa shape index (κ3) is 6.44. The number of cyclic esters (lactones) is 1. The highest BCUT2D eigenvalue weighted by atomic mass is 19.1. The summed E-state index contributed by atoms with van der Waals surface area (Å²) in [6.45, 7) is 1.20. The number of amides is 1. The number of ether oxygens (including phenoxy) is 3. The number of esters is 1. The number of piperidine rings is 1. The Morgan fingerprint density at radius 1 is 0.958 bits per heavy atom. The van der Waals surface area contributed by atoms with E-state index in [1.807, 2.05) is 39.8 Å². The average molecular weight is 660 g/mol. The standard InChI is InChI=1S/C36H35F2N3O7/c37-29-15-27-31(40(24-6-7-24)18-28(34(27)43)35(44)47-21-22-4-2-1-3-5-22)16-32(29)39-12-10-23(11-13-39)20-46-33-9-8-25(14-30(33)38)41-17-26(19-42)48-36(41)45/h1-5,8-9,14-16,18,23-24,26,42H,6-7,10-13,17,19-21H2/t26-/m1/s1. The molecule has 3 aromatic carbocycles. The normalized spacial score (nSPS) is 18.3. The van der Waals surface area contributed by atoms with E-state index in [2.05, 4.69) is 0 Å². The van der Waals surface area contributed by atoms with Crippen LogP contribution in [0.2, 0.25) is 0 Å². The van der Waals surface area contributed by atoms with Crippen molar-refractivity contribution in [3.05, 3.63) is 99.8 Å². The van der Waals surface area contributed by atoms with Crippen molar-refractivity contribution in [3.8, 4) is 5.75 Å². The molecule has 3 aliphatic rings. The highest BCUT2D eigenvalue weighted by molar-refractivity contribution is 5.95. The maximum atomic E-state index is 15.6. The number of hydrogen-bond donors (Lipinski definition) is 1. The molecule has 0 spiro atoms. The predicted octanol–water partition coefficient (Wildman–Crippen LogP) is 5.58. The number of aromatic nitrogens is 1. The molecule has 0 radical (unpaired) electrons. The summed E-state index contributed by atoms with van der Waals surface area (Å²) in [4.78, 5) is 41.6. The summed E-state index contributed by atoms with van der Waals surface area (Å²) in [5.41, 5.74) is 1.41. The van der Waals surface area contributed by atoms with Gasteiger partial charge in [-0.05, 0) is 61.4 Å². The number of halogens is 2. The lowest BCUT2D eigenvalue weighted by Crippen LogP contribution is -2.36. The minimum Gasteiger partial charge on any atom is -0.490 e. The van der Waals surface area contributed by atoms with Gasteiger partial charge >= 0.3 is 12.1 Å². The number of rotatable bonds is 10. The Morgan fingerprint density at radius 3 is 2.42 bits per heavy atom. The first-order valence-electron chi connectivity index (χ1n) is 16.1. The van der Waals surface area contributed by atoms with E-state index in [1.165, 1.54) is 23.1 Å². The fourth-order valence-corrected chi connectivity index (χ4v) is 6.35. The van der Waals surface area contributed by atoms with E-state index in [4.69, 9.17) is 14.2 Å². The van der Waals surface area contributed by atoms with E-state index in [1.54, 1.807) is 18.3 Å². The van der Waals surface area contributed by atoms with E-state index in [9.17, 15) is 23.9 Å². The molecular formula is C36H35F2N3O7. The molecule has 12 heteroatoms. The topological polar surface area (TPSA) is 111 Å². The van der Waals surface area contributed by atoms with Gasteiger partial charge in [0.15, 0.2) is 11.6 Å². The van der Waals surface area contributed by atoms with Crippen molar-refractivity contribution < 1.29 is 37.7 Å². The van der Waals surface area contributed by atoms with Crippen LogP contribution in [0.4, 0.5) is 25.0 Å². The van der Waals surface area contributed by atoms with Gasteiger partial charge in [0.05, 0.1) is 36.6 Å². The fraction of sp³-hybridized carbons (Fsp3) is 0.361. The van der Waals surface area contributed by atoms with Crippen LogP contribution in [-0.2, 0) is 16.1 Å². The zero-order chi connectivity index (χ0) is 33.4. The summed E-state index contributed by atoms with van der Waals surface area (Å²) in [6, 6.07) is 16.5. The molecule has 7 rings (SSSR count). The quantitative estimate of drug-likeness (QED) is 0.220. The molecule has 1 aromatic heterocycles. The third-order valence-corrected chi connectivity index (χ3v) is 9.21. The van der Waals surface area contributed by atoms with Gasteiger partial charge in [0, 0.05) is 36.8 Å². The van der Waals surface area contributed by atoms with E-state index < -0.39 is 35.2 Å². The molecule has 1 atom stereocenters. The van der Waals surface area contributed by atoms with Crippen LogP contribution in [-0.4, -0.2) is 60.7 Å². The highest BCUT2D eigenvalue weighted by Gasteiger charge is 2.33. The van der Waals surface area contributed by atoms with Crippen LogP contribution < -0.4 is 20.0 Å². The lowest BCUT2D eigenvalue weighted by Gasteiger charge is -2.34. The SMILES string of the molecule is O=C(OCc1ccccc1)c1cn(C2CC2)c2cc(N3CCC(COc4ccc(N5C[C@H](CO)OC5=O)cc4F)CC3)c(F)cc2c1=O. The van der Waals surface area contributed by atoms with Crippen LogP contribution in [0.15, 0.2) is 71.7 Å². The van der Waals surface area contributed by atoms with Crippen molar-refractivity contribution >= 4 is 34.3 Å². The Labute approximate surface area is 275 Å². The predicted molar refractivity (Wildman–Crippen MR) is 174 cm³/mol.